The van der Waals surface area contributed by atoms with E-state index in [4.69, 9.17) is 5.11 Å². The molecule has 0 aliphatic heterocycles. The topological polar surface area (TPSA) is 72.2 Å². The van der Waals surface area contributed by atoms with Gasteiger partial charge in [-0.15, -0.1) is 0 Å². The molecule has 1 saturated carbocycles. The fourth-order valence-corrected chi connectivity index (χ4v) is 2.14. The van der Waals surface area contributed by atoms with E-state index in [9.17, 15) is 9.59 Å². The Hall–Kier alpha value is -2.17. The van der Waals surface area contributed by atoms with E-state index >= 15 is 0 Å². The average Bonchev–Trinajstić information content (AvgIpc) is 3.12. The van der Waals surface area contributed by atoms with Crippen LogP contribution in [-0.4, -0.2) is 20.6 Å². The predicted octanol–water partition coefficient (Wildman–Crippen LogP) is 1.74. The van der Waals surface area contributed by atoms with Gasteiger partial charge in [0.2, 0.25) is 0 Å². The average molecular weight is 244 g/mol. The lowest BCUT2D eigenvalue weighted by Crippen LogP contribution is -2.19. The lowest BCUT2D eigenvalue weighted by Gasteiger charge is -2.07. The van der Waals surface area contributed by atoms with Crippen LogP contribution in [0, 0.1) is 6.92 Å². The van der Waals surface area contributed by atoms with Crippen molar-refractivity contribution in [2.75, 3.05) is 0 Å². The molecule has 0 bridgehead atoms. The maximum atomic E-state index is 12.2. The van der Waals surface area contributed by atoms with E-state index < -0.39 is 5.97 Å². The monoisotopic (exact) mass is 244 g/mol. The molecule has 92 valence electrons. The van der Waals surface area contributed by atoms with Gasteiger partial charge in [-0.2, -0.15) is 0 Å². The van der Waals surface area contributed by atoms with Crippen molar-refractivity contribution in [3.8, 4) is 0 Å². The van der Waals surface area contributed by atoms with Gasteiger partial charge in [-0.3, -0.25) is 9.78 Å². The first-order valence-electron chi connectivity index (χ1n) is 5.83. The Bertz CT molecular complexity index is 714. The number of aromatic nitrogens is 2. The van der Waals surface area contributed by atoms with Gasteiger partial charge in [0.1, 0.15) is 0 Å². The molecule has 0 unspecified atom stereocenters. The van der Waals surface area contributed by atoms with Crippen LogP contribution in [0.1, 0.15) is 34.9 Å². The molecule has 0 atom stereocenters. The van der Waals surface area contributed by atoms with E-state index in [1.807, 2.05) is 0 Å². The zero-order valence-corrected chi connectivity index (χ0v) is 9.88. The summed E-state index contributed by atoms with van der Waals surface area (Å²) in [7, 11) is 0. The van der Waals surface area contributed by atoms with E-state index in [-0.39, 0.29) is 17.2 Å². The second kappa shape index (κ2) is 3.66. The van der Waals surface area contributed by atoms with Crippen LogP contribution in [0.3, 0.4) is 0 Å². The molecule has 0 spiro atoms. The minimum absolute atomic E-state index is 0.0909. The highest BCUT2D eigenvalue weighted by molar-refractivity contribution is 5.93. The molecule has 1 N–H and O–H groups in total. The number of carboxylic acids is 1. The molecule has 18 heavy (non-hydrogen) atoms. The highest BCUT2D eigenvalue weighted by Gasteiger charge is 2.25. The third-order valence-electron chi connectivity index (χ3n) is 3.27. The van der Waals surface area contributed by atoms with E-state index in [0.29, 0.717) is 16.6 Å². The van der Waals surface area contributed by atoms with Crippen LogP contribution in [0.5, 0.6) is 0 Å². The normalized spacial score (nSPS) is 14.9. The second-order valence-corrected chi connectivity index (χ2v) is 4.62. The summed E-state index contributed by atoms with van der Waals surface area (Å²) in [5.41, 5.74) is 0.927. The highest BCUT2D eigenvalue weighted by atomic mass is 16.4. The van der Waals surface area contributed by atoms with Gasteiger partial charge in [-0.1, -0.05) is 0 Å². The molecule has 3 rings (SSSR count). The summed E-state index contributed by atoms with van der Waals surface area (Å²) in [4.78, 5) is 27.5. The number of rotatable bonds is 2. The van der Waals surface area contributed by atoms with Crippen LogP contribution in [-0.2, 0) is 0 Å². The minimum atomic E-state index is -1.05. The Morgan fingerprint density at radius 1 is 1.50 bits per heavy atom. The molecular weight excluding hydrogens is 232 g/mol. The van der Waals surface area contributed by atoms with E-state index in [2.05, 4.69) is 4.98 Å². The van der Waals surface area contributed by atoms with Crippen molar-refractivity contribution in [1.29, 1.82) is 0 Å². The number of hydrogen-bond donors (Lipinski definition) is 1. The number of pyridine rings is 2. The van der Waals surface area contributed by atoms with Gasteiger partial charge in [0, 0.05) is 12.2 Å². The van der Waals surface area contributed by atoms with Gasteiger partial charge in [0.05, 0.1) is 22.2 Å². The Morgan fingerprint density at radius 3 is 2.83 bits per heavy atom. The van der Waals surface area contributed by atoms with Crippen molar-refractivity contribution in [3.05, 3.63) is 39.9 Å². The summed E-state index contributed by atoms with van der Waals surface area (Å²) in [5, 5.41) is 9.44. The molecule has 0 saturated heterocycles. The van der Waals surface area contributed by atoms with Crippen molar-refractivity contribution in [3.63, 3.8) is 0 Å². The fourth-order valence-electron chi connectivity index (χ4n) is 2.14. The lowest BCUT2D eigenvalue weighted by atomic mass is 10.1. The van der Waals surface area contributed by atoms with Crippen LogP contribution in [0.15, 0.2) is 23.1 Å². The molecule has 0 aromatic carbocycles. The number of aromatic carboxylic acids is 1. The molecule has 0 radical (unpaired) electrons. The zero-order valence-electron chi connectivity index (χ0n) is 9.88. The molecule has 1 aliphatic carbocycles. The SMILES string of the molecule is Cc1nc2ccn(C3CC3)c(=O)c2cc1C(=O)O. The van der Waals surface area contributed by atoms with Crippen LogP contribution < -0.4 is 5.56 Å². The first kappa shape index (κ1) is 11.0. The highest BCUT2D eigenvalue weighted by Crippen LogP contribution is 2.33. The van der Waals surface area contributed by atoms with Crippen molar-refractivity contribution in [2.24, 2.45) is 0 Å². The zero-order chi connectivity index (χ0) is 12.9. The third-order valence-corrected chi connectivity index (χ3v) is 3.27. The molecule has 5 nitrogen and oxygen atoms in total. The number of fused-ring (bicyclic) bond motifs is 1. The van der Waals surface area contributed by atoms with E-state index in [1.54, 1.807) is 23.8 Å². The first-order valence-corrected chi connectivity index (χ1v) is 5.83. The van der Waals surface area contributed by atoms with Crippen molar-refractivity contribution in [1.82, 2.24) is 9.55 Å². The van der Waals surface area contributed by atoms with Crippen molar-refractivity contribution < 1.29 is 9.90 Å². The van der Waals surface area contributed by atoms with Crippen LogP contribution >= 0.6 is 0 Å². The maximum absolute atomic E-state index is 12.2. The largest absolute Gasteiger partial charge is 0.478 e. The molecule has 2 heterocycles. The van der Waals surface area contributed by atoms with E-state index in [1.165, 1.54) is 6.07 Å². The number of aryl methyl sites for hydroxylation is 1. The molecule has 1 fully saturated rings. The predicted molar refractivity (Wildman–Crippen MR) is 66.0 cm³/mol. The van der Waals surface area contributed by atoms with Crippen molar-refractivity contribution >= 4 is 16.9 Å². The summed E-state index contributed by atoms with van der Waals surface area (Å²) >= 11 is 0. The van der Waals surface area contributed by atoms with Gasteiger partial charge in [0.25, 0.3) is 5.56 Å². The standard InChI is InChI=1S/C13H12N2O3/c1-7-9(13(17)18)6-10-11(14-7)4-5-15(12(10)16)8-2-3-8/h4-6,8H,2-3H2,1H3,(H,17,18). The molecular formula is C13H12N2O3. The maximum Gasteiger partial charge on any atom is 0.337 e. The van der Waals surface area contributed by atoms with Gasteiger partial charge in [-0.25, -0.2) is 4.79 Å². The fraction of sp³-hybridized carbons (Fsp3) is 0.308. The Labute approximate surface area is 103 Å². The summed E-state index contributed by atoms with van der Waals surface area (Å²) in [5.74, 6) is -1.05. The van der Waals surface area contributed by atoms with E-state index in [0.717, 1.165) is 12.8 Å². The quantitative estimate of drug-likeness (QED) is 0.873. The number of nitrogens with zero attached hydrogens (tertiary/aromatic N) is 2. The Morgan fingerprint density at radius 2 is 2.22 bits per heavy atom. The molecule has 0 amide bonds. The van der Waals surface area contributed by atoms with Crippen LogP contribution in [0.25, 0.3) is 10.9 Å². The van der Waals surface area contributed by atoms with Crippen molar-refractivity contribution in [2.45, 2.75) is 25.8 Å². The van der Waals surface area contributed by atoms with Gasteiger partial charge in [-0.05, 0) is 31.9 Å². The summed E-state index contributed by atoms with van der Waals surface area (Å²) in [6, 6.07) is 3.48. The van der Waals surface area contributed by atoms with Crippen LogP contribution in [0.2, 0.25) is 0 Å². The Balaban J connectivity index is 2.32. The van der Waals surface area contributed by atoms with Crippen LogP contribution in [0.4, 0.5) is 0 Å². The summed E-state index contributed by atoms with van der Waals surface area (Å²) in [6.45, 7) is 1.63. The van der Waals surface area contributed by atoms with Gasteiger partial charge < -0.3 is 9.67 Å². The molecule has 2 aromatic rings. The number of hydrogen-bond acceptors (Lipinski definition) is 3. The molecule has 1 aliphatic rings. The minimum Gasteiger partial charge on any atom is -0.478 e. The lowest BCUT2D eigenvalue weighted by molar-refractivity contribution is 0.0696. The second-order valence-electron chi connectivity index (χ2n) is 4.62. The molecule has 5 heteroatoms. The summed E-state index contributed by atoms with van der Waals surface area (Å²) in [6.07, 6.45) is 3.77. The smallest absolute Gasteiger partial charge is 0.337 e. The third kappa shape index (κ3) is 1.59. The number of carboxylic acid groups (broad SMARTS) is 1. The number of carbonyl (C=O) groups is 1. The Kier molecular flexibility index (Phi) is 2.23. The summed E-state index contributed by atoms with van der Waals surface area (Å²) < 4.78 is 1.67. The molecule has 2 aromatic heterocycles. The van der Waals surface area contributed by atoms with Gasteiger partial charge in [0.15, 0.2) is 0 Å². The van der Waals surface area contributed by atoms with Gasteiger partial charge >= 0.3 is 5.97 Å². The first-order chi connectivity index (χ1) is 8.58.